The summed E-state index contributed by atoms with van der Waals surface area (Å²) in [4.78, 5) is 12.3. The third kappa shape index (κ3) is 4.34. The topological polar surface area (TPSA) is 88.4 Å². The Hall–Kier alpha value is -3.26. The van der Waals surface area contributed by atoms with Gasteiger partial charge in [0.05, 0.1) is 17.4 Å². The molecule has 1 aliphatic rings. The molecule has 0 radical (unpaired) electrons. The minimum atomic E-state index is -0.451. The Bertz CT molecular complexity index is 905. The van der Waals surface area contributed by atoms with Crippen LogP contribution in [0.5, 0.6) is 5.75 Å². The van der Waals surface area contributed by atoms with Gasteiger partial charge in [-0.1, -0.05) is 18.2 Å². The van der Waals surface area contributed by atoms with Crippen molar-refractivity contribution >= 4 is 5.97 Å². The Morgan fingerprint density at radius 2 is 1.96 bits per heavy atom. The van der Waals surface area contributed by atoms with Gasteiger partial charge >= 0.3 is 5.97 Å². The second-order valence-corrected chi connectivity index (χ2v) is 6.39. The number of benzene rings is 2. The first-order valence-corrected chi connectivity index (χ1v) is 9.14. The fourth-order valence-corrected chi connectivity index (χ4v) is 2.93. The van der Waals surface area contributed by atoms with E-state index in [2.05, 4.69) is 15.5 Å². The molecule has 8 nitrogen and oxygen atoms in total. The van der Waals surface area contributed by atoms with E-state index >= 15 is 0 Å². The van der Waals surface area contributed by atoms with Crippen LogP contribution >= 0.6 is 0 Å². The van der Waals surface area contributed by atoms with E-state index in [9.17, 15) is 4.79 Å². The average Bonchev–Trinajstić information content (AvgIpc) is 3.43. The average molecular weight is 380 g/mol. The van der Waals surface area contributed by atoms with Gasteiger partial charge in [-0.15, -0.1) is 5.10 Å². The van der Waals surface area contributed by atoms with Crippen molar-refractivity contribution in [3.05, 3.63) is 66.0 Å². The van der Waals surface area contributed by atoms with Crippen molar-refractivity contribution in [2.45, 2.75) is 25.6 Å². The Kier molecular flexibility index (Phi) is 5.58. The smallest absolute Gasteiger partial charge is 0.338 e. The highest BCUT2D eigenvalue weighted by atomic mass is 16.5. The lowest BCUT2D eigenvalue weighted by Gasteiger charge is -2.11. The Morgan fingerprint density at radius 3 is 2.71 bits per heavy atom. The molecular weight excluding hydrogens is 360 g/mol. The molecule has 1 aromatic heterocycles. The molecule has 28 heavy (non-hydrogen) atoms. The molecule has 0 amide bonds. The lowest BCUT2D eigenvalue weighted by atomic mass is 10.2. The maximum atomic E-state index is 12.3. The molecule has 1 aliphatic heterocycles. The fraction of sp³-hybridized carbons (Fsp3) is 0.300. The number of carbonyl (C=O) groups excluding carboxylic acids is 1. The summed E-state index contributed by atoms with van der Waals surface area (Å²) in [6, 6.07) is 16.3. The molecule has 0 spiro atoms. The minimum absolute atomic E-state index is 0.0298. The highest BCUT2D eigenvalue weighted by Gasteiger charge is 2.16. The molecule has 0 bridgehead atoms. The highest BCUT2D eigenvalue weighted by Crippen LogP contribution is 2.17. The first-order valence-electron chi connectivity index (χ1n) is 9.14. The van der Waals surface area contributed by atoms with Gasteiger partial charge in [0.25, 0.3) is 0 Å². The van der Waals surface area contributed by atoms with E-state index in [1.54, 1.807) is 24.3 Å². The van der Waals surface area contributed by atoms with E-state index in [0.717, 1.165) is 25.1 Å². The summed E-state index contributed by atoms with van der Waals surface area (Å²) in [5.74, 6) is 0.685. The van der Waals surface area contributed by atoms with Crippen LogP contribution in [0.25, 0.3) is 5.69 Å². The second kappa shape index (κ2) is 8.62. The quantitative estimate of drug-likeness (QED) is 0.582. The molecule has 0 saturated carbocycles. The first-order chi connectivity index (χ1) is 13.8. The Labute approximate surface area is 162 Å². The van der Waals surface area contributed by atoms with Gasteiger partial charge in [-0.2, -0.15) is 4.68 Å². The van der Waals surface area contributed by atoms with E-state index in [1.807, 2.05) is 30.3 Å². The van der Waals surface area contributed by atoms with Crippen LogP contribution in [0.3, 0.4) is 0 Å². The number of esters is 1. The van der Waals surface area contributed by atoms with E-state index in [4.69, 9.17) is 14.2 Å². The van der Waals surface area contributed by atoms with Crippen LogP contribution in [0.4, 0.5) is 0 Å². The largest absolute Gasteiger partial charge is 0.491 e. The number of hydrogen-bond acceptors (Lipinski definition) is 7. The van der Waals surface area contributed by atoms with Crippen molar-refractivity contribution in [1.29, 1.82) is 0 Å². The van der Waals surface area contributed by atoms with Gasteiger partial charge in [-0.25, -0.2) is 4.79 Å². The molecule has 144 valence electrons. The van der Waals surface area contributed by atoms with E-state index in [0.29, 0.717) is 23.7 Å². The molecule has 1 saturated heterocycles. The number of aromatic nitrogens is 4. The molecule has 1 atom stereocenters. The van der Waals surface area contributed by atoms with Crippen molar-refractivity contribution in [1.82, 2.24) is 20.2 Å². The standard InChI is InChI=1S/C20H20N4O4/c25-20(15-8-10-17(11-9-15)27-13-18-7-4-12-26-18)28-14-19-21-22-23-24(19)16-5-2-1-3-6-16/h1-3,5-6,8-11,18H,4,7,12-14H2. The number of carbonyl (C=O) groups is 1. The van der Waals surface area contributed by atoms with Crippen LogP contribution < -0.4 is 4.74 Å². The summed E-state index contributed by atoms with van der Waals surface area (Å²) in [5.41, 5.74) is 1.23. The molecule has 4 rings (SSSR count). The van der Waals surface area contributed by atoms with Crippen LogP contribution in [0.1, 0.15) is 29.0 Å². The zero-order valence-corrected chi connectivity index (χ0v) is 15.2. The molecule has 8 heteroatoms. The molecular formula is C20H20N4O4. The summed E-state index contributed by atoms with van der Waals surface area (Å²) >= 11 is 0. The predicted molar refractivity (Wildman–Crippen MR) is 99.2 cm³/mol. The number of para-hydroxylation sites is 1. The summed E-state index contributed by atoms with van der Waals surface area (Å²) in [5, 5.41) is 11.5. The van der Waals surface area contributed by atoms with E-state index in [1.165, 1.54) is 4.68 Å². The number of hydrogen-bond donors (Lipinski definition) is 0. The molecule has 0 aliphatic carbocycles. The zero-order valence-electron chi connectivity index (χ0n) is 15.2. The van der Waals surface area contributed by atoms with Crippen LogP contribution in [-0.2, 0) is 16.1 Å². The lowest BCUT2D eigenvalue weighted by Crippen LogP contribution is -2.16. The van der Waals surface area contributed by atoms with Crippen molar-refractivity contribution in [2.75, 3.05) is 13.2 Å². The van der Waals surface area contributed by atoms with Gasteiger partial charge in [0.15, 0.2) is 12.4 Å². The SMILES string of the molecule is O=C(OCc1nnnn1-c1ccccc1)c1ccc(OCC2CCCO2)cc1. The Morgan fingerprint density at radius 1 is 1.14 bits per heavy atom. The second-order valence-electron chi connectivity index (χ2n) is 6.39. The minimum Gasteiger partial charge on any atom is -0.491 e. The van der Waals surface area contributed by atoms with Crippen LogP contribution in [0, 0.1) is 0 Å². The fourth-order valence-electron chi connectivity index (χ4n) is 2.93. The van der Waals surface area contributed by atoms with Crippen LogP contribution in [-0.4, -0.2) is 45.5 Å². The molecule has 2 aromatic carbocycles. The van der Waals surface area contributed by atoms with Crippen LogP contribution in [0.2, 0.25) is 0 Å². The normalized spacial score (nSPS) is 16.1. The lowest BCUT2D eigenvalue weighted by molar-refractivity contribution is 0.0459. The Balaban J connectivity index is 1.32. The maximum absolute atomic E-state index is 12.3. The maximum Gasteiger partial charge on any atom is 0.338 e. The van der Waals surface area contributed by atoms with Gasteiger partial charge in [0, 0.05) is 6.61 Å². The predicted octanol–water partition coefficient (Wildman–Crippen LogP) is 2.58. The zero-order chi connectivity index (χ0) is 19.2. The molecule has 1 fully saturated rings. The number of ether oxygens (including phenoxy) is 3. The summed E-state index contributed by atoms with van der Waals surface area (Å²) < 4.78 is 18.1. The van der Waals surface area contributed by atoms with Crippen LogP contribution in [0.15, 0.2) is 54.6 Å². The van der Waals surface area contributed by atoms with Gasteiger partial charge in [-0.05, 0) is 59.7 Å². The summed E-state index contributed by atoms with van der Waals surface area (Å²) in [7, 11) is 0. The first kappa shape index (κ1) is 18.1. The molecule has 2 heterocycles. The third-order valence-corrected chi connectivity index (χ3v) is 4.42. The summed E-state index contributed by atoms with van der Waals surface area (Å²) in [6.45, 7) is 1.29. The van der Waals surface area contributed by atoms with Crippen molar-refractivity contribution in [3.8, 4) is 11.4 Å². The van der Waals surface area contributed by atoms with Gasteiger partial charge in [0.1, 0.15) is 12.4 Å². The number of rotatable bonds is 7. The van der Waals surface area contributed by atoms with Gasteiger partial charge < -0.3 is 14.2 Å². The van der Waals surface area contributed by atoms with Crippen molar-refractivity contribution < 1.29 is 19.0 Å². The summed E-state index contributed by atoms with van der Waals surface area (Å²) in [6.07, 6.45) is 2.25. The van der Waals surface area contributed by atoms with E-state index in [-0.39, 0.29) is 12.7 Å². The van der Waals surface area contributed by atoms with Crippen molar-refractivity contribution in [2.24, 2.45) is 0 Å². The number of nitrogens with zero attached hydrogens (tertiary/aromatic N) is 4. The van der Waals surface area contributed by atoms with E-state index < -0.39 is 5.97 Å². The van der Waals surface area contributed by atoms with Gasteiger partial charge in [-0.3, -0.25) is 0 Å². The molecule has 1 unspecified atom stereocenters. The van der Waals surface area contributed by atoms with Crippen molar-refractivity contribution in [3.63, 3.8) is 0 Å². The number of tetrazole rings is 1. The highest BCUT2D eigenvalue weighted by molar-refractivity contribution is 5.89. The molecule has 3 aromatic rings. The monoisotopic (exact) mass is 380 g/mol. The third-order valence-electron chi connectivity index (χ3n) is 4.42. The molecule has 0 N–H and O–H groups in total. The van der Waals surface area contributed by atoms with Gasteiger partial charge in [0.2, 0.25) is 0 Å².